The number of rotatable bonds is 8. The van der Waals surface area contributed by atoms with Gasteiger partial charge in [0.05, 0.1) is 0 Å². The molecular formula is C17H22N2O4S2. The Balaban J connectivity index is 1.83. The molecule has 1 aromatic carbocycles. The summed E-state index contributed by atoms with van der Waals surface area (Å²) in [6, 6.07) is 9.04. The Morgan fingerprint density at radius 2 is 1.96 bits per heavy atom. The van der Waals surface area contributed by atoms with E-state index in [1.54, 1.807) is 17.5 Å². The highest BCUT2D eigenvalue weighted by Crippen LogP contribution is 2.35. The average molecular weight is 383 g/mol. The van der Waals surface area contributed by atoms with Gasteiger partial charge in [-0.25, -0.2) is 13.1 Å². The molecule has 0 amide bonds. The van der Waals surface area contributed by atoms with Crippen LogP contribution in [0.1, 0.15) is 25.5 Å². The van der Waals surface area contributed by atoms with Crippen molar-refractivity contribution in [1.82, 2.24) is 9.62 Å². The monoisotopic (exact) mass is 382 g/mol. The van der Waals surface area contributed by atoms with Crippen LogP contribution in [0.5, 0.6) is 11.5 Å². The van der Waals surface area contributed by atoms with Gasteiger partial charge in [-0.1, -0.05) is 26.0 Å². The maximum Gasteiger partial charge on any atom is 0.250 e. The lowest BCUT2D eigenvalue weighted by Crippen LogP contribution is -2.37. The highest BCUT2D eigenvalue weighted by Gasteiger charge is 2.24. The first-order valence-corrected chi connectivity index (χ1v) is 10.6. The van der Waals surface area contributed by atoms with E-state index in [9.17, 15) is 8.42 Å². The zero-order chi connectivity index (χ0) is 17.9. The molecule has 1 aromatic heterocycles. The zero-order valence-electron chi connectivity index (χ0n) is 14.3. The largest absolute Gasteiger partial charge is 0.454 e. The predicted octanol–water partition coefficient (Wildman–Crippen LogP) is 2.84. The maximum absolute atomic E-state index is 12.5. The lowest BCUT2D eigenvalue weighted by Gasteiger charge is -2.30. The van der Waals surface area contributed by atoms with E-state index in [1.807, 2.05) is 18.2 Å². The molecule has 0 aliphatic carbocycles. The van der Waals surface area contributed by atoms with Crippen LogP contribution in [0.15, 0.2) is 39.9 Å². The van der Waals surface area contributed by atoms with Gasteiger partial charge in [-0.15, -0.1) is 11.3 Å². The highest BCUT2D eigenvalue weighted by molar-refractivity contribution is 7.91. The summed E-state index contributed by atoms with van der Waals surface area (Å²) in [5.41, 5.74) is 1.00. The summed E-state index contributed by atoms with van der Waals surface area (Å²) in [7, 11) is -3.50. The molecule has 1 aliphatic rings. The van der Waals surface area contributed by atoms with Gasteiger partial charge in [-0.3, -0.25) is 4.90 Å². The quantitative estimate of drug-likeness (QED) is 0.760. The number of benzene rings is 1. The number of nitrogens with zero attached hydrogens (tertiary/aromatic N) is 1. The minimum absolute atomic E-state index is 0.0840. The highest BCUT2D eigenvalue weighted by atomic mass is 32.2. The number of likely N-dealkylation sites (N-methyl/N-ethyl adjacent to an activating group) is 1. The van der Waals surface area contributed by atoms with Gasteiger partial charge >= 0.3 is 0 Å². The molecule has 3 rings (SSSR count). The molecule has 2 heterocycles. The van der Waals surface area contributed by atoms with E-state index in [2.05, 4.69) is 23.5 Å². The van der Waals surface area contributed by atoms with Crippen molar-refractivity contribution in [3.05, 3.63) is 41.3 Å². The summed E-state index contributed by atoms with van der Waals surface area (Å²) < 4.78 is 38.8. The van der Waals surface area contributed by atoms with E-state index in [0.717, 1.165) is 24.4 Å². The molecule has 0 fully saturated rings. The Labute approximate surface area is 152 Å². The first-order valence-electron chi connectivity index (χ1n) is 8.22. The molecule has 0 saturated heterocycles. The van der Waals surface area contributed by atoms with Gasteiger partial charge in [0.15, 0.2) is 11.5 Å². The van der Waals surface area contributed by atoms with Crippen LogP contribution in [0.2, 0.25) is 0 Å². The topological polar surface area (TPSA) is 67.9 Å². The van der Waals surface area contributed by atoms with Crippen LogP contribution in [0, 0.1) is 0 Å². The lowest BCUT2D eigenvalue weighted by atomic mass is 10.0. The number of thiophene rings is 1. The van der Waals surface area contributed by atoms with Crippen molar-refractivity contribution >= 4 is 21.4 Å². The van der Waals surface area contributed by atoms with Gasteiger partial charge in [0.25, 0.3) is 0 Å². The summed E-state index contributed by atoms with van der Waals surface area (Å²) in [6.45, 7) is 6.28. The van der Waals surface area contributed by atoms with Crippen LogP contribution in [0.25, 0.3) is 0 Å². The zero-order valence-corrected chi connectivity index (χ0v) is 15.9. The summed E-state index contributed by atoms with van der Waals surface area (Å²) >= 11 is 1.21. The Bertz CT molecular complexity index is 802. The summed E-state index contributed by atoms with van der Waals surface area (Å²) in [5.74, 6) is 1.43. The van der Waals surface area contributed by atoms with Crippen molar-refractivity contribution in [1.29, 1.82) is 0 Å². The molecule has 25 heavy (non-hydrogen) atoms. The van der Waals surface area contributed by atoms with Crippen LogP contribution in [-0.4, -0.2) is 39.7 Å². The SMILES string of the molecule is CCN(CC)C(CNS(=O)(=O)c1cccs1)c1ccc2c(c1)OCO2. The fourth-order valence-electron chi connectivity index (χ4n) is 2.92. The van der Waals surface area contributed by atoms with E-state index >= 15 is 0 Å². The minimum Gasteiger partial charge on any atom is -0.454 e. The first-order chi connectivity index (χ1) is 12.0. The Morgan fingerprint density at radius 3 is 2.64 bits per heavy atom. The second-order valence-electron chi connectivity index (χ2n) is 5.63. The fraction of sp³-hybridized carbons (Fsp3) is 0.412. The van der Waals surface area contributed by atoms with E-state index in [-0.39, 0.29) is 12.8 Å². The normalized spacial score (nSPS) is 14.8. The van der Waals surface area contributed by atoms with Gasteiger partial charge in [0, 0.05) is 12.6 Å². The smallest absolute Gasteiger partial charge is 0.250 e. The van der Waals surface area contributed by atoms with E-state index in [4.69, 9.17) is 9.47 Å². The second kappa shape index (κ2) is 7.74. The minimum atomic E-state index is -3.50. The third kappa shape index (κ3) is 3.98. The van der Waals surface area contributed by atoms with Crippen molar-refractivity contribution in [2.24, 2.45) is 0 Å². The molecule has 1 unspecified atom stereocenters. The van der Waals surface area contributed by atoms with Crippen LogP contribution in [-0.2, 0) is 10.0 Å². The van der Waals surface area contributed by atoms with Gasteiger partial charge in [0.1, 0.15) is 4.21 Å². The van der Waals surface area contributed by atoms with E-state index < -0.39 is 10.0 Å². The number of hydrogen-bond acceptors (Lipinski definition) is 6. The van der Waals surface area contributed by atoms with E-state index in [1.165, 1.54) is 11.3 Å². The van der Waals surface area contributed by atoms with Crippen molar-refractivity contribution < 1.29 is 17.9 Å². The van der Waals surface area contributed by atoms with Gasteiger partial charge in [-0.05, 0) is 42.2 Å². The van der Waals surface area contributed by atoms with Crippen LogP contribution in [0.4, 0.5) is 0 Å². The van der Waals surface area contributed by atoms with Crippen molar-refractivity contribution in [2.75, 3.05) is 26.4 Å². The number of sulfonamides is 1. The molecule has 0 saturated carbocycles. The molecule has 2 aromatic rings. The summed E-state index contributed by atoms with van der Waals surface area (Å²) in [4.78, 5) is 2.22. The number of nitrogens with one attached hydrogen (secondary N) is 1. The van der Waals surface area contributed by atoms with E-state index in [0.29, 0.717) is 16.5 Å². The lowest BCUT2D eigenvalue weighted by molar-refractivity contribution is 0.173. The first kappa shape index (κ1) is 18.2. The molecule has 0 spiro atoms. The van der Waals surface area contributed by atoms with Crippen molar-refractivity contribution in [3.63, 3.8) is 0 Å². The second-order valence-corrected chi connectivity index (χ2v) is 8.58. The van der Waals surface area contributed by atoms with Gasteiger partial charge < -0.3 is 9.47 Å². The fourth-order valence-corrected chi connectivity index (χ4v) is 4.99. The van der Waals surface area contributed by atoms with Crippen LogP contribution >= 0.6 is 11.3 Å². The Morgan fingerprint density at radius 1 is 1.20 bits per heavy atom. The summed E-state index contributed by atoms with van der Waals surface area (Å²) in [5, 5.41) is 1.76. The average Bonchev–Trinajstić information content (AvgIpc) is 3.29. The Hall–Kier alpha value is -1.61. The molecule has 0 bridgehead atoms. The number of ether oxygens (including phenoxy) is 2. The Kier molecular flexibility index (Phi) is 5.63. The maximum atomic E-state index is 12.5. The molecule has 8 heteroatoms. The van der Waals surface area contributed by atoms with Crippen LogP contribution in [0.3, 0.4) is 0 Å². The van der Waals surface area contributed by atoms with Gasteiger partial charge in [0.2, 0.25) is 16.8 Å². The molecule has 136 valence electrons. The molecule has 1 aliphatic heterocycles. The third-order valence-electron chi connectivity index (χ3n) is 4.26. The van der Waals surface area contributed by atoms with Gasteiger partial charge in [-0.2, -0.15) is 0 Å². The third-order valence-corrected chi connectivity index (χ3v) is 7.08. The standard InChI is InChI=1S/C17H22N2O4S2/c1-3-19(4-2)14(11-18-25(20,21)17-6-5-9-24-17)13-7-8-15-16(10-13)23-12-22-15/h5-10,14,18H,3-4,11-12H2,1-2H3. The number of fused-ring (bicyclic) bond motifs is 1. The predicted molar refractivity (Wildman–Crippen MR) is 97.7 cm³/mol. The molecule has 1 atom stereocenters. The van der Waals surface area contributed by atoms with Crippen molar-refractivity contribution in [2.45, 2.75) is 24.1 Å². The molecule has 6 nitrogen and oxygen atoms in total. The molecule has 1 N–H and O–H groups in total. The molecular weight excluding hydrogens is 360 g/mol. The van der Waals surface area contributed by atoms with Crippen molar-refractivity contribution in [3.8, 4) is 11.5 Å². The summed E-state index contributed by atoms with van der Waals surface area (Å²) in [6.07, 6.45) is 0. The molecule has 0 radical (unpaired) electrons. The van der Waals surface area contributed by atoms with Crippen LogP contribution < -0.4 is 14.2 Å². The number of hydrogen-bond donors (Lipinski definition) is 1.